The van der Waals surface area contributed by atoms with Crippen LogP contribution in [0.25, 0.3) is 0 Å². The molecule has 2 aliphatic rings. The van der Waals surface area contributed by atoms with Gasteiger partial charge in [-0.2, -0.15) is 0 Å². The molecular formula is C21H24IN. The van der Waals surface area contributed by atoms with Gasteiger partial charge in [-0.05, 0) is 76.2 Å². The standard InChI is InChI=1S/C21H24IN/c1-4-13-23-20(5-2)16-9-7-8-10-17(16)21(23,6-3)19-14-15(22)11-12-18(19)20/h7-12,14H,4-6,13H2,1-3H3. The molecule has 1 nitrogen and oxygen atoms in total. The summed E-state index contributed by atoms with van der Waals surface area (Å²) in [6.07, 6.45) is 3.47. The SMILES string of the molecule is CCCN1C2(CC)c3ccccc3C1(CC)c1cc(I)ccc12. The summed E-state index contributed by atoms with van der Waals surface area (Å²) in [5, 5.41) is 0. The lowest BCUT2D eigenvalue weighted by Crippen LogP contribution is -2.45. The van der Waals surface area contributed by atoms with Crippen LogP contribution in [0.2, 0.25) is 0 Å². The van der Waals surface area contributed by atoms with Gasteiger partial charge in [0.2, 0.25) is 0 Å². The summed E-state index contributed by atoms with van der Waals surface area (Å²) in [5.74, 6) is 0. The Hall–Kier alpha value is -0.870. The quantitative estimate of drug-likeness (QED) is 0.583. The van der Waals surface area contributed by atoms with Gasteiger partial charge in [0.05, 0.1) is 11.1 Å². The summed E-state index contributed by atoms with van der Waals surface area (Å²) < 4.78 is 1.35. The summed E-state index contributed by atoms with van der Waals surface area (Å²) in [6.45, 7) is 8.18. The van der Waals surface area contributed by atoms with Gasteiger partial charge >= 0.3 is 0 Å². The monoisotopic (exact) mass is 417 g/mol. The number of fused-ring (bicyclic) bond motifs is 8. The molecule has 23 heavy (non-hydrogen) atoms. The van der Waals surface area contributed by atoms with E-state index in [1.165, 1.54) is 9.99 Å². The first-order valence-corrected chi connectivity index (χ1v) is 9.92. The first-order chi connectivity index (χ1) is 11.2. The van der Waals surface area contributed by atoms with Gasteiger partial charge in [0.15, 0.2) is 0 Å². The molecule has 0 amide bonds. The van der Waals surface area contributed by atoms with Crippen LogP contribution in [0, 0.1) is 3.57 Å². The van der Waals surface area contributed by atoms with Crippen LogP contribution >= 0.6 is 22.6 Å². The first-order valence-electron chi connectivity index (χ1n) is 8.85. The zero-order chi connectivity index (χ0) is 16.2. The second-order valence-corrected chi connectivity index (χ2v) is 8.06. The fourth-order valence-corrected chi connectivity index (χ4v) is 5.86. The van der Waals surface area contributed by atoms with Crippen molar-refractivity contribution in [3.8, 4) is 0 Å². The van der Waals surface area contributed by atoms with E-state index < -0.39 is 0 Å². The van der Waals surface area contributed by atoms with Crippen molar-refractivity contribution in [1.29, 1.82) is 0 Å². The van der Waals surface area contributed by atoms with Crippen molar-refractivity contribution >= 4 is 22.6 Å². The van der Waals surface area contributed by atoms with Crippen LogP contribution in [0.15, 0.2) is 42.5 Å². The van der Waals surface area contributed by atoms with Crippen LogP contribution in [-0.4, -0.2) is 11.4 Å². The predicted octanol–water partition coefficient (Wildman–Crippen LogP) is 5.64. The zero-order valence-corrected chi connectivity index (χ0v) is 16.4. The molecule has 0 aromatic heterocycles. The summed E-state index contributed by atoms with van der Waals surface area (Å²) in [4.78, 5) is 2.82. The highest BCUT2D eigenvalue weighted by Crippen LogP contribution is 2.65. The Morgan fingerprint density at radius 3 is 1.96 bits per heavy atom. The normalized spacial score (nSPS) is 28.0. The molecular weight excluding hydrogens is 393 g/mol. The molecule has 2 unspecified atom stereocenters. The third-order valence-electron chi connectivity index (χ3n) is 6.08. The summed E-state index contributed by atoms with van der Waals surface area (Å²) >= 11 is 2.46. The van der Waals surface area contributed by atoms with Gasteiger partial charge in [-0.1, -0.05) is 51.1 Å². The Kier molecular flexibility index (Phi) is 3.62. The molecule has 2 bridgehead atoms. The molecule has 0 saturated carbocycles. The minimum Gasteiger partial charge on any atom is -0.276 e. The lowest BCUT2D eigenvalue weighted by Gasteiger charge is -2.40. The van der Waals surface area contributed by atoms with Gasteiger partial charge in [0.25, 0.3) is 0 Å². The third-order valence-corrected chi connectivity index (χ3v) is 6.75. The highest BCUT2D eigenvalue weighted by Gasteiger charge is 2.64. The molecule has 2 atom stereocenters. The molecule has 0 aliphatic carbocycles. The smallest absolute Gasteiger partial charge is 0.0730 e. The Balaban J connectivity index is 2.12. The van der Waals surface area contributed by atoms with Crippen molar-refractivity contribution in [3.63, 3.8) is 0 Å². The lowest BCUT2D eigenvalue weighted by molar-refractivity contribution is 0.0686. The minimum atomic E-state index is 0.0686. The molecule has 4 rings (SSSR count). The van der Waals surface area contributed by atoms with Crippen molar-refractivity contribution in [3.05, 3.63) is 68.3 Å². The fourth-order valence-electron chi connectivity index (χ4n) is 5.37. The van der Waals surface area contributed by atoms with Crippen LogP contribution in [0.3, 0.4) is 0 Å². The average Bonchev–Trinajstić information content (AvgIpc) is 2.96. The highest BCUT2D eigenvalue weighted by atomic mass is 127. The van der Waals surface area contributed by atoms with E-state index in [2.05, 4.69) is 90.7 Å². The molecule has 2 heteroatoms. The van der Waals surface area contributed by atoms with Crippen molar-refractivity contribution in [1.82, 2.24) is 4.90 Å². The Morgan fingerprint density at radius 2 is 1.39 bits per heavy atom. The summed E-state index contributed by atoms with van der Waals surface area (Å²) in [5.41, 5.74) is 6.34. The Morgan fingerprint density at radius 1 is 0.826 bits per heavy atom. The van der Waals surface area contributed by atoms with Gasteiger partial charge in [-0.25, -0.2) is 0 Å². The van der Waals surface area contributed by atoms with Crippen molar-refractivity contribution in [2.24, 2.45) is 0 Å². The topological polar surface area (TPSA) is 3.24 Å². The van der Waals surface area contributed by atoms with Crippen LogP contribution in [0.5, 0.6) is 0 Å². The van der Waals surface area contributed by atoms with Crippen LogP contribution in [0.4, 0.5) is 0 Å². The molecule has 120 valence electrons. The molecule has 2 heterocycles. The fraction of sp³-hybridized carbons (Fsp3) is 0.429. The Labute approximate surface area is 153 Å². The minimum absolute atomic E-state index is 0.0686. The van der Waals surface area contributed by atoms with Crippen LogP contribution in [0.1, 0.15) is 62.3 Å². The van der Waals surface area contributed by atoms with E-state index in [-0.39, 0.29) is 11.1 Å². The number of nitrogens with zero attached hydrogens (tertiary/aromatic N) is 1. The van der Waals surface area contributed by atoms with E-state index >= 15 is 0 Å². The van der Waals surface area contributed by atoms with Gasteiger partial charge in [-0.15, -0.1) is 0 Å². The summed E-state index contributed by atoms with van der Waals surface area (Å²) in [7, 11) is 0. The maximum Gasteiger partial charge on any atom is 0.0730 e. The highest BCUT2D eigenvalue weighted by molar-refractivity contribution is 14.1. The number of benzene rings is 2. The van der Waals surface area contributed by atoms with E-state index in [0.29, 0.717) is 0 Å². The summed E-state index contributed by atoms with van der Waals surface area (Å²) in [6, 6.07) is 16.3. The molecule has 0 fully saturated rings. The second-order valence-electron chi connectivity index (χ2n) is 6.81. The lowest BCUT2D eigenvalue weighted by atomic mass is 9.71. The van der Waals surface area contributed by atoms with E-state index in [1.54, 1.807) is 22.3 Å². The molecule has 2 aromatic carbocycles. The number of hydrogen-bond donors (Lipinski definition) is 0. The molecule has 0 radical (unpaired) electrons. The first kappa shape index (κ1) is 15.6. The van der Waals surface area contributed by atoms with Gasteiger partial charge < -0.3 is 0 Å². The molecule has 0 spiro atoms. The molecule has 2 aliphatic heterocycles. The molecule has 0 N–H and O–H groups in total. The van der Waals surface area contributed by atoms with Gasteiger partial charge in [0, 0.05) is 10.1 Å². The number of rotatable bonds is 4. The molecule has 2 aromatic rings. The number of hydrogen-bond acceptors (Lipinski definition) is 1. The van der Waals surface area contributed by atoms with E-state index in [9.17, 15) is 0 Å². The van der Waals surface area contributed by atoms with E-state index in [1.807, 2.05) is 0 Å². The predicted molar refractivity (Wildman–Crippen MR) is 105 cm³/mol. The maximum absolute atomic E-state index is 2.82. The largest absolute Gasteiger partial charge is 0.276 e. The zero-order valence-electron chi connectivity index (χ0n) is 14.2. The van der Waals surface area contributed by atoms with Crippen LogP contribution in [-0.2, 0) is 11.1 Å². The van der Waals surface area contributed by atoms with Crippen molar-refractivity contribution < 1.29 is 0 Å². The average molecular weight is 417 g/mol. The van der Waals surface area contributed by atoms with Gasteiger partial charge in [0.1, 0.15) is 0 Å². The van der Waals surface area contributed by atoms with Gasteiger partial charge in [-0.3, -0.25) is 4.90 Å². The van der Waals surface area contributed by atoms with Crippen LogP contribution < -0.4 is 0 Å². The second kappa shape index (κ2) is 5.32. The van der Waals surface area contributed by atoms with Crippen molar-refractivity contribution in [2.75, 3.05) is 6.54 Å². The number of halogens is 1. The van der Waals surface area contributed by atoms with E-state index in [0.717, 1.165) is 19.4 Å². The van der Waals surface area contributed by atoms with Crippen molar-refractivity contribution in [2.45, 2.75) is 51.1 Å². The molecule has 0 saturated heterocycles. The Bertz CT molecular complexity index is 768. The third kappa shape index (κ3) is 1.67. The van der Waals surface area contributed by atoms with E-state index in [4.69, 9.17) is 0 Å². The maximum atomic E-state index is 2.82.